The van der Waals surface area contributed by atoms with Crippen LogP contribution in [0.25, 0.3) is 0 Å². The highest BCUT2D eigenvalue weighted by Gasteiger charge is 2.35. The van der Waals surface area contributed by atoms with Crippen molar-refractivity contribution in [3.8, 4) is 0 Å². The van der Waals surface area contributed by atoms with Gasteiger partial charge >= 0.3 is 0 Å². The van der Waals surface area contributed by atoms with Crippen molar-refractivity contribution in [2.24, 2.45) is 17.6 Å². The highest BCUT2D eigenvalue weighted by molar-refractivity contribution is 4.91. The second-order valence-corrected chi connectivity index (χ2v) is 5.18. The van der Waals surface area contributed by atoms with E-state index in [1.54, 1.807) is 0 Å². The molecule has 0 aromatic heterocycles. The minimum atomic E-state index is 0.427. The molecule has 2 nitrogen and oxygen atoms in total. The molecule has 2 fully saturated rings. The zero-order valence-electron chi connectivity index (χ0n) is 8.87. The third-order valence-corrected chi connectivity index (χ3v) is 3.76. The smallest absolute Gasteiger partial charge is 0.0170 e. The van der Waals surface area contributed by atoms with Gasteiger partial charge in [0.2, 0.25) is 0 Å². The van der Waals surface area contributed by atoms with Gasteiger partial charge in [-0.1, -0.05) is 13.8 Å². The van der Waals surface area contributed by atoms with Gasteiger partial charge < -0.3 is 5.73 Å². The summed E-state index contributed by atoms with van der Waals surface area (Å²) < 4.78 is 0. The van der Waals surface area contributed by atoms with E-state index in [-0.39, 0.29) is 0 Å². The standard InChI is InChI=1S/C11H22N2/c1-8-5-10(12)7-13(6-8)11-4-3-9(11)2/h8-11H,3-7,12H2,1-2H3. The molecule has 0 amide bonds. The van der Waals surface area contributed by atoms with Crippen molar-refractivity contribution in [2.45, 2.75) is 45.2 Å². The normalized spacial score (nSPS) is 47.3. The van der Waals surface area contributed by atoms with Gasteiger partial charge in [-0.2, -0.15) is 0 Å². The van der Waals surface area contributed by atoms with E-state index >= 15 is 0 Å². The highest BCUT2D eigenvalue weighted by atomic mass is 15.2. The number of likely N-dealkylation sites (tertiary alicyclic amines) is 1. The molecule has 13 heavy (non-hydrogen) atoms. The molecule has 0 spiro atoms. The molecule has 2 aliphatic rings. The molecule has 1 saturated heterocycles. The fraction of sp³-hybridized carbons (Fsp3) is 1.00. The summed E-state index contributed by atoms with van der Waals surface area (Å²) in [4.78, 5) is 2.63. The lowest BCUT2D eigenvalue weighted by Gasteiger charge is -2.47. The second kappa shape index (κ2) is 3.58. The Balaban J connectivity index is 1.91. The lowest BCUT2D eigenvalue weighted by molar-refractivity contribution is 0.0322. The zero-order valence-corrected chi connectivity index (χ0v) is 8.87. The van der Waals surface area contributed by atoms with Crippen molar-refractivity contribution >= 4 is 0 Å². The van der Waals surface area contributed by atoms with Crippen LogP contribution in [0, 0.1) is 11.8 Å². The molecule has 0 radical (unpaired) electrons. The van der Waals surface area contributed by atoms with E-state index in [4.69, 9.17) is 5.73 Å². The summed E-state index contributed by atoms with van der Waals surface area (Å²) in [7, 11) is 0. The van der Waals surface area contributed by atoms with Gasteiger partial charge in [0.15, 0.2) is 0 Å². The molecule has 1 heterocycles. The maximum Gasteiger partial charge on any atom is 0.0170 e. The molecule has 76 valence electrons. The monoisotopic (exact) mass is 182 g/mol. The number of piperidine rings is 1. The highest BCUT2D eigenvalue weighted by Crippen LogP contribution is 2.33. The van der Waals surface area contributed by atoms with Gasteiger partial charge in [-0.3, -0.25) is 4.90 Å². The summed E-state index contributed by atoms with van der Waals surface area (Å²) in [6.45, 7) is 7.12. The molecule has 0 bridgehead atoms. The third-order valence-electron chi connectivity index (χ3n) is 3.76. The molecule has 4 atom stereocenters. The van der Waals surface area contributed by atoms with Crippen molar-refractivity contribution in [3.05, 3.63) is 0 Å². The fourth-order valence-electron chi connectivity index (χ4n) is 2.90. The van der Waals surface area contributed by atoms with Gasteiger partial charge in [0.05, 0.1) is 0 Å². The van der Waals surface area contributed by atoms with E-state index in [1.807, 2.05) is 0 Å². The molecular formula is C11H22N2. The van der Waals surface area contributed by atoms with Crippen LogP contribution in [0.3, 0.4) is 0 Å². The third kappa shape index (κ3) is 1.89. The first kappa shape index (κ1) is 9.47. The Hall–Kier alpha value is -0.0800. The largest absolute Gasteiger partial charge is 0.327 e. The van der Waals surface area contributed by atoms with Gasteiger partial charge in [0.25, 0.3) is 0 Å². The summed E-state index contributed by atoms with van der Waals surface area (Å²) >= 11 is 0. The Kier molecular flexibility index (Phi) is 2.61. The minimum absolute atomic E-state index is 0.427. The zero-order chi connectivity index (χ0) is 9.42. The Morgan fingerprint density at radius 2 is 1.92 bits per heavy atom. The van der Waals surface area contributed by atoms with Gasteiger partial charge in [-0.15, -0.1) is 0 Å². The van der Waals surface area contributed by atoms with E-state index in [2.05, 4.69) is 18.7 Å². The SMILES string of the molecule is CC1CC(N)CN(C2CCC2C)C1. The first-order chi connectivity index (χ1) is 6.16. The molecule has 2 N–H and O–H groups in total. The summed E-state index contributed by atoms with van der Waals surface area (Å²) in [5, 5.41) is 0. The van der Waals surface area contributed by atoms with E-state index in [9.17, 15) is 0 Å². The number of nitrogens with two attached hydrogens (primary N) is 1. The van der Waals surface area contributed by atoms with Gasteiger partial charge in [0, 0.05) is 25.2 Å². The van der Waals surface area contributed by atoms with Crippen LogP contribution in [-0.4, -0.2) is 30.1 Å². The molecule has 1 aliphatic heterocycles. The minimum Gasteiger partial charge on any atom is -0.327 e. The van der Waals surface area contributed by atoms with Crippen molar-refractivity contribution in [3.63, 3.8) is 0 Å². The fourth-order valence-corrected chi connectivity index (χ4v) is 2.90. The maximum absolute atomic E-state index is 6.04. The molecule has 0 aromatic rings. The van der Waals surface area contributed by atoms with Crippen LogP contribution >= 0.6 is 0 Å². The van der Waals surface area contributed by atoms with Crippen LogP contribution in [0.4, 0.5) is 0 Å². The lowest BCUT2D eigenvalue weighted by atomic mass is 9.78. The Morgan fingerprint density at radius 3 is 2.38 bits per heavy atom. The Morgan fingerprint density at radius 1 is 1.15 bits per heavy atom. The second-order valence-electron chi connectivity index (χ2n) is 5.18. The lowest BCUT2D eigenvalue weighted by Crippen LogP contribution is -2.55. The molecule has 1 aliphatic carbocycles. The van der Waals surface area contributed by atoms with E-state index in [1.165, 1.54) is 25.8 Å². The van der Waals surface area contributed by atoms with Gasteiger partial charge in [-0.05, 0) is 31.1 Å². The van der Waals surface area contributed by atoms with Crippen LogP contribution in [0.1, 0.15) is 33.1 Å². The summed E-state index contributed by atoms with van der Waals surface area (Å²) in [5.41, 5.74) is 6.04. The van der Waals surface area contributed by atoms with Crippen molar-refractivity contribution in [1.82, 2.24) is 4.90 Å². The average Bonchev–Trinajstić information content (AvgIpc) is 1.99. The van der Waals surface area contributed by atoms with Crippen LogP contribution in [0.15, 0.2) is 0 Å². The first-order valence-corrected chi connectivity index (χ1v) is 5.66. The summed E-state index contributed by atoms with van der Waals surface area (Å²) in [6, 6.07) is 1.28. The summed E-state index contributed by atoms with van der Waals surface area (Å²) in [6.07, 6.45) is 4.04. The van der Waals surface area contributed by atoms with Crippen LogP contribution < -0.4 is 5.73 Å². The number of rotatable bonds is 1. The number of hydrogen-bond acceptors (Lipinski definition) is 2. The topological polar surface area (TPSA) is 29.3 Å². The quantitative estimate of drug-likeness (QED) is 0.665. The molecule has 4 unspecified atom stereocenters. The average molecular weight is 182 g/mol. The molecule has 1 saturated carbocycles. The molecule has 2 heteroatoms. The van der Waals surface area contributed by atoms with E-state index in [0.29, 0.717) is 6.04 Å². The predicted molar refractivity (Wildman–Crippen MR) is 55.5 cm³/mol. The summed E-state index contributed by atoms with van der Waals surface area (Å²) in [5.74, 6) is 1.72. The van der Waals surface area contributed by atoms with Gasteiger partial charge in [0.1, 0.15) is 0 Å². The molecule has 2 rings (SSSR count). The number of nitrogens with zero attached hydrogens (tertiary/aromatic N) is 1. The number of hydrogen-bond donors (Lipinski definition) is 1. The Labute approximate surface area is 81.5 Å². The molecule has 0 aromatic carbocycles. The first-order valence-electron chi connectivity index (χ1n) is 5.66. The van der Waals surface area contributed by atoms with Crippen LogP contribution in [-0.2, 0) is 0 Å². The predicted octanol–water partition coefficient (Wildman–Crippen LogP) is 1.45. The van der Waals surface area contributed by atoms with Crippen LogP contribution in [0.5, 0.6) is 0 Å². The molecular weight excluding hydrogens is 160 g/mol. The van der Waals surface area contributed by atoms with Crippen molar-refractivity contribution < 1.29 is 0 Å². The van der Waals surface area contributed by atoms with Gasteiger partial charge in [-0.25, -0.2) is 0 Å². The van der Waals surface area contributed by atoms with Crippen molar-refractivity contribution in [1.29, 1.82) is 0 Å². The van der Waals surface area contributed by atoms with Crippen LogP contribution in [0.2, 0.25) is 0 Å². The van der Waals surface area contributed by atoms with Crippen molar-refractivity contribution in [2.75, 3.05) is 13.1 Å². The Bertz CT molecular complexity index is 171. The maximum atomic E-state index is 6.04. The van der Waals surface area contributed by atoms with E-state index in [0.717, 1.165) is 24.4 Å². The van der Waals surface area contributed by atoms with E-state index < -0.39 is 0 Å².